The number of benzene rings is 1. The fraction of sp³-hybridized carbons (Fsp3) is 0.600. The first-order valence-corrected chi connectivity index (χ1v) is 6.22. The van der Waals surface area contributed by atoms with Crippen molar-refractivity contribution >= 4 is 0 Å². The van der Waals surface area contributed by atoms with Gasteiger partial charge in [0.2, 0.25) is 0 Å². The summed E-state index contributed by atoms with van der Waals surface area (Å²) in [4.78, 5) is 0. The minimum Gasteiger partial charge on any atom is -0.316 e. The van der Waals surface area contributed by atoms with Gasteiger partial charge in [0, 0.05) is 6.54 Å². The Morgan fingerprint density at radius 2 is 1.69 bits per heavy atom. The Hall–Kier alpha value is -0.820. The SMILES string of the molecule is CCC(c1ccc(CNC)cc1)C(C)(C)C. The van der Waals surface area contributed by atoms with Gasteiger partial charge in [0.05, 0.1) is 0 Å². The molecule has 0 radical (unpaired) electrons. The number of rotatable bonds is 4. The molecule has 1 atom stereocenters. The summed E-state index contributed by atoms with van der Waals surface area (Å²) in [6, 6.07) is 9.04. The van der Waals surface area contributed by atoms with Gasteiger partial charge in [0.1, 0.15) is 0 Å². The molecule has 1 aromatic rings. The molecule has 0 aliphatic heterocycles. The molecule has 0 bridgehead atoms. The third-order valence-electron chi connectivity index (χ3n) is 3.22. The molecule has 0 aliphatic rings. The minimum absolute atomic E-state index is 0.347. The summed E-state index contributed by atoms with van der Waals surface area (Å²) in [6.45, 7) is 10.2. The summed E-state index contributed by atoms with van der Waals surface area (Å²) in [5.74, 6) is 0.649. The van der Waals surface area contributed by atoms with Gasteiger partial charge in [-0.15, -0.1) is 0 Å². The molecular formula is C15H25N. The zero-order chi connectivity index (χ0) is 12.2. The molecule has 1 aromatic carbocycles. The van der Waals surface area contributed by atoms with Crippen molar-refractivity contribution in [2.75, 3.05) is 7.05 Å². The first-order chi connectivity index (χ1) is 7.49. The number of nitrogens with one attached hydrogen (secondary N) is 1. The molecule has 0 heterocycles. The highest BCUT2D eigenvalue weighted by atomic mass is 14.8. The molecule has 0 saturated heterocycles. The first-order valence-electron chi connectivity index (χ1n) is 6.22. The minimum atomic E-state index is 0.347. The van der Waals surface area contributed by atoms with Gasteiger partial charge in [-0.3, -0.25) is 0 Å². The largest absolute Gasteiger partial charge is 0.316 e. The summed E-state index contributed by atoms with van der Waals surface area (Å²) in [5.41, 5.74) is 3.17. The van der Waals surface area contributed by atoms with Crippen molar-refractivity contribution in [1.29, 1.82) is 0 Å². The van der Waals surface area contributed by atoms with Gasteiger partial charge in [-0.25, -0.2) is 0 Å². The lowest BCUT2D eigenvalue weighted by molar-refractivity contribution is 0.312. The van der Waals surface area contributed by atoms with Crippen molar-refractivity contribution in [2.24, 2.45) is 5.41 Å². The van der Waals surface area contributed by atoms with Crippen LogP contribution in [0.2, 0.25) is 0 Å². The summed E-state index contributed by atoms with van der Waals surface area (Å²) in [6.07, 6.45) is 1.20. The van der Waals surface area contributed by atoms with E-state index in [2.05, 4.69) is 57.3 Å². The van der Waals surface area contributed by atoms with Crippen molar-refractivity contribution < 1.29 is 0 Å². The quantitative estimate of drug-likeness (QED) is 0.808. The highest BCUT2D eigenvalue weighted by molar-refractivity contribution is 5.26. The fourth-order valence-corrected chi connectivity index (χ4v) is 2.42. The van der Waals surface area contributed by atoms with Gasteiger partial charge in [-0.1, -0.05) is 52.0 Å². The van der Waals surface area contributed by atoms with Crippen molar-refractivity contribution in [2.45, 2.75) is 46.6 Å². The molecule has 1 nitrogen and oxygen atoms in total. The fourth-order valence-electron chi connectivity index (χ4n) is 2.42. The van der Waals surface area contributed by atoms with E-state index >= 15 is 0 Å². The summed E-state index contributed by atoms with van der Waals surface area (Å²) >= 11 is 0. The molecule has 1 unspecified atom stereocenters. The van der Waals surface area contributed by atoms with Gasteiger partial charge in [0.15, 0.2) is 0 Å². The van der Waals surface area contributed by atoms with Gasteiger partial charge in [-0.2, -0.15) is 0 Å². The van der Waals surface area contributed by atoms with Crippen molar-refractivity contribution in [3.05, 3.63) is 35.4 Å². The van der Waals surface area contributed by atoms with E-state index in [0.29, 0.717) is 11.3 Å². The molecule has 1 N–H and O–H groups in total. The predicted octanol–water partition coefficient (Wildman–Crippen LogP) is 3.95. The molecular weight excluding hydrogens is 194 g/mol. The lowest BCUT2D eigenvalue weighted by Crippen LogP contribution is -2.17. The first kappa shape index (κ1) is 13.2. The van der Waals surface area contributed by atoms with Crippen LogP contribution in [0, 0.1) is 5.41 Å². The highest BCUT2D eigenvalue weighted by Gasteiger charge is 2.24. The number of hydrogen-bond acceptors (Lipinski definition) is 1. The standard InChI is InChI=1S/C15H25N/c1-6-14(15(2,3)4)13-9-7-12(8-10-13)11-16-5/h7-10,14,16H,6,11H2,1-5H3. The van der Waals surface area contributed by atoms with Gasteiger partial charge < -0.3 is 5.32 Å². The van der Waals surface area contributed by atoms with E-state index in [0.717, 1.165) is 6.54 Å². The predicted molar refractivity (Wildman–Crippen MR) is 71.7 cm³/mol. The zero-order valence-corrected chi connectivity index (χ0v) is 11.3. The number of hydrogen-bond donors (Lipinski definition) is 1. The normalized spacial score (nSPS) is 13.8. The Morgan fingerprint density at radius 1 is 1.12 bits per heavy atom. The Morgan fingerprint density at radius 3 is 2.06 bits per heavy atom. The molecule has 1 rings (SSSR count). The summed E-state index contributed by atoms with van der Waals surface area (Å²) in [5, 5.41) is 3.18. The van der Waals surface area contributed by atoms with E-state index in [-0.39, 0.29) is 0 Å². The van der Waals surface area contributed by atoms with E-state index in [9.17, 15) is 0 Å². The molecule has 16 heavy (non-hydrogen) atoms. The van der Waals surface area contributed by atoms with Crippen LogP contribution in [0.15, 0.2) is 24.3 Å². The van der Waals surface area contributed by atoms with E-state index < -0.39 is 0 Å². The molecule has 0 saturated carbocycles. The Bertz CT molecular complexity index is 305. The van der Waals surface area contributed by atoms with Gasteiger partial charge in [0.25, 0.3) is 0 Å². The molecule has 0 spiro atoms. The molecule has 0 amide bonds. The van der Waals surface area contributed by atoms with Crippen LogP contribution in [-0.2, 0) is 6.54 Å². The van der Waals surface area contributed by atoms with Crippen LogP contribution in [0.25, 0.3) is 0 Å². The Labute approximate surface area is 100 Å². The second-order valence-electron chi connectivity index (χ2n) is 5.60. The van der Waals surface area contributed by atoms with Gasteiger partial charge in [-0.05, 0) is 35.9 Å². The Kier molecular flexibility index (Phi) is 4.55. The summed E-state index contributed by atoms with van der Waals surface area (Å²) < 4.78 is 0. The van der Waals surface area contributed by atoms with Gasteiger partial charge >= 0.3 is 0 Å². The van der Waals surface area contributed by atoms with E-state index in [1.54, 1.807) is 0 Å². The van der Waals surface area contributed by atoms with Crippen molar-refractivity contribution in [1.82, 2.24) is 5.32 Å². The average Bonchev–Trinajstić information content (AvgIpc) is 2.20. The molecule has 0 fully saturated rings. The van der Waals surface area contributed by atoms with Crippen LogP contribution < -0.4 is 5.32 Å². The maximum absolute atomic E-state index is 3.18. The van der Waals surface area contributed by atoms with E-state index in [1.807, 2.05) is 7.05 Å². The monoisotopic (exact) mass is 219 g/mol. The second-order valence-corrected chi connectivity index (χ2v) is 5.60. The van der Waals surface area contributed by atoms with Crippen molar-refractivity contribution in [3.8, 4) is 0 Å². The topological polar surface area (TPSA) is 12.0 Å². The van der Waals surface area contributed by atoms with E-state index in [4.69, 9.17) is 0 Å². The highest BCUT2D eigenvalue weighted by Crippen LogP contribution is 2.37. The average molecular weight is 219 g/mol. The molecule has 1 heteroatoms. The molecule has 90 valence electrons. The van der Waals surface area contributed by atoms with Crippen LogP contribution in [0.1, 0.15) is 51.2 Å². The summed E-state index contributed by atoms with van der Waals surface area (Å²) in [7, 11) is 1.98. The van der Waals surface area contributed by atoms with Crippen LogP contribution >= 0.6 is 0 Å². The van der Waals surface area contributed by atoms with Crippen LogP contribution in [0.4, 0.5) is 0 Å². The van der Waals surface area contributed by atoms with Crippen LogP contribution in [0.5, 0.6) is 0 Å². The second kappa shape index (κ2) is 5.49. The zero-order valence-electron chi connectivity index (χ0n) is 11.3. The van der Waals surface area contributed by atoms with Crippen LogP contribution in [0.3, 0.4) is 0 Å². The smallest absolute Gasteiger partial charge is 0.0202 e. The lowest BCUT2D eigenvalue weighted by Gasteiger charge is -2.30. The third kappa shape index (κ3) is 3.34. The maximum atomic E-state index is 3.18. The molecule has 0 aromatic heterocycles. The molecule has 0 aliphatic carbocycles. The van der Waals surface area contributed by atoms with Crippen molar-refractivity contribution in [3.63, 3.8) is 0 Å². The maximum Gasteiger partial charge on any atom is 0.0202 e. The Balaban J connectivity index is 2.87. The lowest BCUT2D eigenvalue weighted by atomic mass is 9.75. The third-order valence-corrected chi connectivity index (χ3v) is 3.22. The van der Waals surface area contributed by atoms with Crippen LogP contribution in [-0.4, -0.2) is 7.05 Å². The van der Waals surface area contributed by atoms with E-state index in [1.165, 1.54) is 17.5 Å².